The number of aromatic nitrogens is 1. The first kappa shape index (κ1) is 14.4. The Labute approximate surface area is 123 Å². The molecule has 0 spiro atoms. The molecular formula is C16H11F4NO. The summed E-state index contributed by atoms with van der Waals surface area (Å²) in [5.74, 6) is -0.0262. The number of rotatable bonds is 3. The number of alkyl halides is 3. The van der Waals surface area contributed by atoms with Crippen LogP contribution in [0, 0.1) is 5.82 Å². The summed E-state index contributed by atoms with van der Waals surface area (Å²) < 4.78 is 56.3. The summed E-state index contributed by atoms with van der Waals surface area (Å²) in [6, 6.07) is 10.7. The van der Waals surface area contributed by atoms with Crippen molar-refractivity contribution in [1.29, 1.82) is 0 Å². The van der Waals surface area contributed by atoms with E-state index in [-0.39, 0.29) is 12.4 Å². The first-order chi connectivity index (χ1) is 10.4. The van der Waals surface area contributed by atoms with Crippen LogP contribution in [0.5, 0.6) is 5.75 Å². The standard InChI is InChI=1S/C16H11F4NO/c17-14-2-1-3-15-13(14)8-11(21-15)9-22-12-6-4-10(5-7-12)16(18,19)20/h1-8,21H,9H2. The van der Waals surface area contributed by atoms with Gasteiger partial charge in [-0.2, -0.15) is 13.2 Å². The molecule has 0 radical (unpaired) electrons. The molecule has 0 saturated heterocycles. The summed E-state index contributed by atoms with van der Waals surface area (Å²) >= 11 is 0. The Morgan fingerprint density at radius 3 is 2.36 bits per heavy atom. The maximum absolute atomic E-state index is 13.6. The number of nitrogens with one attached hydrogen (secondary N) is 1. The van der Waals surface area contributed by atoms with Crippen molar-refractivity contribution in [2.75, 3.05) is 0 Å². The Balaban J connectivity index is 1.72. The van der Waals surface area contributed by atoms with Gasteiger partial charge in [-0.05, 0) is 42.5 Å². The fraction of sp³-hybridized carbons (Fsp3) is 0.125. The van der Waals surface area contributed by atoms with E-state index in [1.807, 2.05) is 0 Å². The Morgan fingerprint density at radius 2 is 1.73 bits per heavy atom. The lowest BCUT2D eigenvalue weighted by molar-refractivity contribution is -0.137. The largest absolute Gasteiger partial charge is 0.487 e. The maximum atomic E-state index is 13.6. The Kier molecular flexibility index (Phi) is 3.52. The highest BCUT2D eigenvalue weighted by molar-refractivity contribution is 5.80. The molecule has 2 nitrogen and oxygen atoms in total. The van der Waals surface area contributed by atoms with E-state index in [2.05, 4.69) is 4.98 Å². The van der Waals surface area contributed by atoms with Gasteiger partial charge in [0.05, 0.1) is 11.3 Å². The fourth-order valence-electron chi connectivity index (χ4n) is 2.15. The van der Waals surface area contributed by atoms with Crippen LogP contribution < -0.4 is 4.74 Å². The molecule has 0 aliphatic carbocycles. The van der Waals surface area contributed by atoms with Crippen LogP contribution in [0.2, 0.25) is 0 Å². The van der Waals surface area contributed by atoms with Gasteiger partial charge >= 0.3 is 6.18 Å². The third-order valence-corrected chi connectivity index (χ3v) is 3.24. The van der Waals surface area contributed by atoms with Crippen LogP contribution in [0.25, 0.3) is 10.9 Å². The minimum atomic E-state index is -4.37. The van der Waals surface area contributed by atoms with Crippen LogP contribution in [0.3, 0.4) is 0 Å². The maximum Gasteiger partial charge on any atom is 0.416 e. The van der Waals surface area contributed by atoms with Gasteiger partial charge in [0.15, 0.2) is 0 Å². The number of fused-ring (bicyclic) bond motifs is 1. The Bertz CT molecular complexity index is 790. The summed E-state index contributed by atoms with van der Waals surface area (Å²) in [6.45, 7) is 0.111. The highest BCUT2D eigenvalue weighted by atomic mass is 19.4. The van der Waals surface area contributed by atoms with Crippen LogP contribution >= 0.6 is 0 Å². The molecule has 1 N–H and O–H groups in total. The predicted octanol–water partition coefficient (Wildman–Crippen LogP) is 4.90. The van der Waals surface area contributed by atoms with E-state index >= 15 is 0 Å². The van der Waals surface area contributed by atoms with Crippen molar-refractivity contribution >= 4 is 10.9 Å². The highest BCUT2D eigenvalue weighted by Gasteiger charge is 2.29. The lowest BCUT2D eigenvalue weighted by Gasteiger charge is -2.08. The van der Waals surface area contributed by atoms with Gasteiger partial charge in [-0.3, -0.25) is 0 Å². The minimum absolute atomic E-state index is 0.111. The average Bonchev–Trinajstić information content (AvgIpc) is 2.89. The first-order valence-corrected chi connectivity index (χ1v) is 6.50. The van der Waals surface area contributed by atoms with Gasteiger partial charge in [0.25, 0.3) is 0 Å². The van der Waals surface area contributed by atoms with Crippen molar-refractivity contribution in [2.45, 2.75) is 12.8 Å². The van der Waals surface area contributed by atoms with Gasteiger partial charge in [-0.25, -0.2) is 4.39 Å². The summed E-state index contributed by atoms with van der Waals surface area (Å²) in [5, 5.41) is 0.452. The van der Waals surface area contributed by atoms with E-state index in [0.717, 1.165) is 12.1 Å². The molecule has 6 heteroatoms. The minimum Gasteiger partial charge on any atom is -0.487 e. The molecule has 3 rings (SSSR count). The van der Waals surface area contributed by atoms with Crippen LogP contribution in [0.4, 0.5) is 17.6 Å². The predicted molar refractivity (Wildman–Crippen MR) is 74.0 cm³/mol. The van der Waals surface area contributed by atoms with Gasteiger partial charge in [0, 0.05) is 10.9 Å². The smallest absolute Gasteiger partial charge is 0.416 e. The topological polar surface area (TPSA) is 25.0 Å². The number of aromatic amines is 1. The number of hydrogen-bond donors (Lipinski definition) is 1. The molecule has 0 aliphatic rings. The molecule has 0 atom stereocenters. The second kappa shape index (κ2) is 5.36. The molecule has 0 aliphatic heterocycles. The zero-order chi connectivity index (χ0) is 15.7. The molecule has 114 valence electrons. The van der Waals surface area contributed by atoms with Crippen molar-refractivity contribution in [3.8, 4) is 5.75 Å². The molecule has 0 unspecified atom stereocenters. The van der Waals surface area contributed by atoms with Gasteiger partial charge in [0.2, 0.25) is 0 Å². The Hall–Kier alpha value is -2.50. The van der Waals surface area contributed by atoms with Gasteiger partial charge in [0.1, 0.15) is 18.2 Å². The van der Waals surface area contributed by atoms with Crippen LogP contribution in [0.1, 0.15) is 11.3 Å². The number of H-pyrrole nitrogens is 1. The van der Waals surface area contributed by atoms with Crippen molar-refractivity contribution < 1.29 is 22.3 Å². The molecule has 0 amide bonds. The molecule has 0 bridgehead atoms. The fourth-order valence-corrected chi connectivity index (χ4v) is 2.15. The molecule has 1 aromatic heterocycles. The summed E-state index contributed by atoms with van der Waals surface area (Å²) in [4.78, 5) is 3.00. The van der Waals surface area contributed by atoms with E-state index in [4.69, 9.17) is 4.74 Å². The third-order valence-electron chi connectivity index (χ3n) is 3.24. The van der Waals surface area contributed by atoms with Gasteiger partial charge < -0.3 is 9.72 Å². The first-order valence-electron chi connectivity index (χ1n) is 6.50. The second-order valence-corrected chi connectivity index (χ2v) is 4.81. The summed E-state index contributed by atoms with van der Waals surface area (Å²) in [5.41, 5.74) is 0.554. The van der Waals surface area contributed by atoms with E-state index in [1.54, 1.807) is 18.2 Å². The van der Waals surface area contributed by atoms with Gasteiger partial charge in [-0.15, -0.1) is 0 Å². The second-order valence-electron chi connectivity index (χ2n) is 4.81. The third kappa shape index (κ3) is 2.90. The monoisotopic (exact) mass is 309 g/mol. The molecule has 22 heavy (non-hydrogen) atoms. The molecule has 0 saturated carbocycles. The number of ether oxygens (including phenoxy) is 1. The molecule has 3 aromatic rings. The summed E-state index contributed by atoms with van der Waals surface area (Å²) in [7, 11) is 0. The average molecular weight is 309 g/mol. The molecular weight excluding hydrogens is 298 g/mol. The van der Waals surface area contributed by atoms with E-state index in [9.17, 15) is 17.6 Å². The number of benzene rings is 2. The SMILES string of the molecule is Fc1cccc2[nH]c(COc3ccc(C(F)(F)F)cc3)cc12. The number of hydrogen-bond acceptors (Lipinski definition) is 1. The quantitative estimate of drug-likeness (QED) is 0.684. The van der Waals surface area contributed by atoms with Crippen LogP contribution in [-0.4, -0.2) is 4.98 Å². The molecule has 1 heterocycles. The van der Waals surface area contributed by atoms with Crippen LogP contribution in [-0.2, 0) is 12.8 Å². The molecule has 0 fully saturated rings. The van der Waals surface area contributed by atoms with E-state index < -0.39 is 11.7 Å². The zero-order valence-corrected chi connectivity index (χ0v) is 11.2. The molecule has 2 aromatic carbocycles. The lowest BCUT2D eigenvalue weighted by atomic mass is 10.2. The van der Waals surface area contributed by atoms with Crippen molar-refractivity contribution in [2.24, 2.45) is 0 Å². The van der Waals surface area contributed by atoms with Crippen molar-refractivity contribution in [1.82, 2.24) is 4.98 Å². The number of halogens is 4. The van der Waals surface area contributed by atoms with Crippen molar-refractivity contribution in [3.05, 3.63) is 65.6 Å². The van der Waals surface area contributed by atoms with Gasteiger partial charge in [-0.1, -0.05) is 6.07 Å². The highest BCUT2D eigenvalue weighted by Crippen LogP contribution is 2.30. The Morgan fingerprint density at radius 1 is 1.00 bits per heavy atom. The van der Waals surface area contributed by atoms with Crippen molar-refractivity contribution in [3.63, 3.8) is 0 Å². The zero-order valence-electron chi connectivity index (χ0n) is 11.2. The normalized spacial score (nSPS) is 11.8. The lowest BCUT2D eigenvalue weighted by Crippen LogP contribution is -2.04. The summed E-state index contributed by atoms with van der Waals surface area (Å²) in [6.07, 6.45) is -4.37. The van der Waals surface area contributed by atoms with Crippen LogP contribution in [0.15, 0.2) is 48.5 Å². The van der Waals surface area contributed by atoms with E-state index in [0.29, 0.717) is 22.3 Å². The van der Waals surface area contributed by atoms with E-state index in [1.165, 1.54) is 18.2 Å².